The molecule has 0 aliphatic heterocycles. The van der Waals surface area contributed by atoms with Gasteiger partial charge in [-0.25, -0.2) is 0 Å². The molecule has 2 aromatic rings. The van der Waals surface area contributed by atoms with Crippen molar-refractivity contribution in [2.24, 2.45) is 0 Å². The molecule has 114 valence electrons. The van der Waals surface area contributed by atoms with Gasteiger partial charge in [-0.1, -0.05) is 49.3 Å². The summed E-state index contributed by atoms with van der Waals surface area (Å²) in [7, 11) is 0. The number of aromatic nitrogens is 2. The maximum Gasteiger partial charge on any atom is 0.316 e. The number of hydrogen-bond acceptors (Lipinski definition) is 5. The van der Waals surface area contributed by atoms with Crippen molar-refractivity contribution >= 4 is 6.01 Å². The van der Waals surface area contributed by atoms with E-state index in [9.17, 15) is 0 Å². The van der Waals surface area contributed by atoms with Gasteiger partial charge in [-0.15, -0.1) is 5.10 Å². The van der Waals surface area contributed by atoms with Crippen LogP contribution in [0.5, 0.6) is 0 Å². The zero-order valence-electron chi connectivity index (χ0n) is 13.0. The van der Waals surface area contributed by atoms with Crippen LogP contribution in [0.2, 0.25) is 0 Å². The first kappa shape index (κ1) is 15.5. The predicted molar refractivity (Wildman–Crippen MR) is 84.1 cm³/mol. The van der Waals surface area contributed by atoms with E-state index in [0.29, 0.717) is 11.9 Å². The summed E-state index contributed by atoms with van der Waals surface area (Å²) in [5.74, 6) is 0.619. The number of nitrogens with zero attached hydrogens (tertiary/aromatic N) is 2. The van der Waals surface area contributed by atoms with Crippen molar-refractivity contribution in [2.75, 3.05) is 11.9 Å². The third-order valence-electron chi connectivity index (χ3n) is 3.42. The van der Waals surface area contributed by atoms with Gasteiger partial charge >= 0.3 is 6.01 Å². The molecule has 0 saturated carbocycles. The van der Waals surface area contributed by atoms with E-state index in [-0.39, 0.29) is 12.1 Å². The van der Waals surface area contributed by atoms with Crippen molar-refractivity contribution in [3.05, 3.63) is 41.8 Å². The molecule has 0 radical (unpaired) electrons. The molecule has 21 heavy (non-hydrogen) atoms. The molecule has 2 unspecified atom stereocenters. The second kappa shape index (κ2) is 7.78. The van der Waals surface area contributed by atoms with E-state index < -0.39 is 0 Å². The Labute approximate surface area is 126 Å². The minimum absolute atomic E-state index is 0.0739. The molecule has 5 nitrogen and oxygen atoms in total. The second-order valence-corrected chi connectivity index (χ2v) is 5.14. The normalized spacial score (nSPS) is 13.9. The average Bonchev–Trinajstić information content (AvgIpc) is 3.00. The first-order valence-electron chi connectivity index (χ1n) is 7.62. The van der Waals surface area contributed by atoms with Crippen LogP contribution in [0.1, 0.15) is 57.2 Å². The number of benzene rings is 1. The van der Waals surface area contributed by atoms with Gasteiger partial charge in [0, 0.05) is 0 Å². The van der Waals surface area contributed by atoms with Crippen LogP contribution in [0.3, 0.4) is 0 Å². The molecule has 0 bridgehead atoms. The fourth-order valence-electron chi connectivity index (χ4n) is 2.17. The van der Waals surface area contributed by atoms with Crippen molar-refractivity contribution < 1.29 is 4.42 Å². The van der Waals surface area contributed by atoms with E-state index in [1.807, 2.05) is 25.1 Å². The molecule has 2 rings (SSSR count). The van der Waals surface area contributed by atoms with Crippen LogP contribution in [0.25, 0.3) is 0 Å². The molecule has 1 aromatic carbocycles. The molecule has 1 aromatic heterocycles. The minimum Gasteiger partial charge on any atom is -0.406 e. The first-order chi connectivity index (χ1) is 10.2. The number of nitrogens with one attached hydrogen (secondary N) is 2. The van der Waals surface area contributed by atoms with Crippen LogP contribution in [0.4, 0.5) is 6.01 Å². The Bertz CT molecular complexity index is 526. The summed E-state index contributed by atoms with van der Waals surface area (Å²) in [6, 6.07) is 11.0. The quantitative estimate of drug-likeness (QED) is 0.775. The Morgan fingerprint density at radius 2 is 1.90 bits per heavy atom. The summed E-state index contributed by atoms with van der Waals surface area (Å²) in [4.78, 5) is 0. The van der Waals surface area contributed by atoms with Crippen molar-refractivity contribution in [3.63, 3.8) is 0 Å². The molecule has 2 atom stereocenters. The highest BCUT2D eigenvalue weighted by Gasteiger charge is 2.16. The molecule has 0 saturated heterocycles. The highest BCUT2D eigenvalue weighted by Crippen LogP contribution is 2.22. The largest absolute Gasteiger partial charge is 0.406 e. The van der Waals surface area contributed by atoms with Crippen LogP contribution >= 0.6 is 0 Å². The summed E-state index contributed by atoms with van der Waals surface area (Å²) >= 11 is 0. The summed E-state index contributed by atoms with van der Waals surface area (Å²) in [6.07, 6.45) is 2.03. The van der Waals surface area contributed by atoms with Crippen LogP contribution in [-0.4, -0.2) is 16.7 Å². The Morgan fingerprint density at radius 3 is 2.57 bits per heavy atom. The summed E-state index contributed by atoms with van der Waals surface area (Å²) in [5, 5.41) is 14.8. The van der Waals surface area contributed by atoms with Gasteiger partial charge in [0.15, 0.2) is 0 Å². The molecule has 0 spiro atoms. The summed E-state index contributed by atoms with van der Waals surface area (Å²) < 4.78 is 5.70. The zero-order valence-corrected chi connectivity index (χ0v) is 13.0. The lowest BCUT2D eigenvalue weighted by Crippen LogP contribution is -2.19. The van der Waals surface area contributed by atoms with Crippen molar-refractivity contribution in [3.8, 4) is 0 Å². The van der Waals surface area contributed by atoms with Crippen LogP contribution in [-0.2, 0) is 0 Å². The standard InChI is InChI=1S/C16H24N4O/c1-4-11-17-12(3)15-19-20-16(21-15)18-14(5-2)13-9-7-6-8-10-13/h6-10,12,14,17H,4-5,11H2,1-3H3,(H,18,20). The van der Waals surface area contributed by atoms with Crippen LogP contribution in [0.15, 0.2) is 34.7 Å². The Morgan fingerprint density at radius 1 is 1.14 bits per heavy atom. The Kier molecular flexibility index (Phi) is 5.75. The number of rotatable bonds is 8. The van der Waals surface area contributed by atoms with Gasteiger partial charge in [0.05, 0.1) is 12.1 Å². The van der Waals surface area contributed by atoms with E-state index in [1.54, 1.807) is 0 Å². The molecule has 0 aliphatic rings. The molecule has 5 heteroatoms. The maximum absolute atomic E-state index is 5.70. The van der Waals surface area contributed by atoms with Crippen molar-refractivity contribution in [2.45, 2.75) is 45.7 Å². The fourth-order valence-corrected chi connectivity index (χ4v) is 2.17. The predicted octanol–water partition coefficient (Wildman–Crippen LogP) is 3.69. The minimum atomic E-state index is 0.0739. The lowest BCUT2D eigenvalue weighted by Gasteiger charge is -2.15. The van der Waals surface area contributed by atoms with Crippen LogP contribution < -0.4 is 10.6 Å². The molecule has 1 heterocycles. The highest BCUT2D eigenvalue weighted by atomic mass is 16.4. The van der Waals surface area contributed by atoms with Crippen molar-refractivity contribution in [1.82, 2.24) is 15.5 Å². The SMILES string of the molecule is CCCNC(C)c1nnc(NC(CC)c2ccccc2)o1. The lowest BCUT2D eigenvalue weighted by molar-refractivity contribution is 0.420. The molecular weight excluding hydrogens is 264 g/mol. The Hall–Kier alpha value is -1.88. The van der Waals surface area contributed by atoms with E-state index in [0.717, 1.165) is 19.4 Å². The van der Waals surface area contributed by atoms with Gasteiger partial charge in [0.1, 0.15) is 0 Å². The molecule has 2 N–H and O–H groups in total. The smallest absolute Gasteiger partial charge is 0.316 e. The summed E-state index contributed by atoms with van der Waals surface area (Å²) in [6.45, 7) is 7.23. The summed E-state index contributed by atoms with van der Waals surface area (Å²) in [5.41, 5.74) is 1.22. The second-order valence-electron chi connectivity index (χ2n) is 5.14. The van der Waals surface area contributed by atoms with E-state index >= 15 is 0 Å². The van der Waals surface area contributed by atoms with Crippen LogP contribution in [0, 0.1) is 0 Å². The zero-order chi connectivity index (χ0) is 15.1. The van der Waals surface area contributed by atoms with Gasteiger partial charge in [0.2, 0.25) is 5.89 Å². The van der Waals surface area contributed by atoms with E-state index in [1.165, 1.54) is 5.56 Å². The molecule has 0 fully saturated rings. The maximum atomic E-state index is 5.70. The third kappa shape index (κ3) is 4.29. The van der Waals surface area contributed by atoms with Gasteiger partial charge in [-0.2, -0.15) is 0 Å². The van der Waals surface area contributed by atoms with E-state index in [2.05, 4.69) is 46.8 Å². The third-order valence-corrected chi connectivity index (χ3v) is 3.42. The number of anilines is 1. The molecule has 0 aliphatic carbocycles. The van der Waals surface area contributed by atoms with E-state index in [4.69, 9.17) is 4.42 Å². The average molecular weight is 288 g/mol. The Balaban J connectivity index is 2.01. The van der Waals surface area contributed by atoms with Gasteiger partial charge in [0.25, 0.3) is 0 Å². The number of hydrogen-bond donors (Lipinski definition) is 2. The fraction of sp³-hybridized carbons (Fsp3) is 0.500. The molecule has 0 amide bonds. The van der Waals surface area contributed by atoms with Gasteiger partial charge < -0.3 is 15.1 Å². The van der Waals surface area contributed by atoms with Gasteiger partial charge in [-0.3, -0.25) is 0 Å². The highest BCUT2D eigenvalue weighted by molar-refractivity contribution is 5.29. The van der Waals surface area contributed by atoms with Crippen molar-refractivity contribution in [1.29, 1.82) is 0 Å². The monoisotopic (exact) mass is 288 g/mol. The van der Waals surface area contributed by atoms with Gasteiger partial charge in [-0.05, 0) is 31.9 Å². The first-order valence-corrected chi connectivity index (χ1v) is 7.62. The lowest BCUT2D eigenvalue weighted by atomic mass is 10.1. The molecular formula is C16H24N4O. The topological polar surface area (TPSA) is 63.0 Å².